The van der Waals surface area contributed by atoms with Gasteiger partial charge < -0.3 is 15.7 Å². The van der Waals surface area contributed by atoms with Crippen LogP contribution in [0.4, 0.5) is 0 Å². The number of aliphatic hydroxyl groups is 1. The lowest BCUT2D eigenvalue weighted by Gasteiger charge is -2.16. The van der Waals surface area contributed by atoms with Gasteiger partial charge in [0.05, 0.1) is 5.70 Å². The van der Waals surface area contributed by atoms with Gasteiger partial charge in [-0.15, -0.1) is 0 Å². The molecule has 0 rings (SSSR count). The van der Waals surface area contributed by atoms with Crippen LogP contribution in [0.15, 0.2) is 35.7 Å². The van der Waals surface area contributed by atoms with Gasteiger partial charge in [0.25, 0.3) is 0 Å². The van der Waals surface area contributed by atoms with Gasteiger partial charge in [-0.3, -0.25) is 0 Å². The van der Waals surface area contributed by atoms with E-state index in [0.29, 0.717) is 11.8 Å². The van der Waals surface area contributed by atoms with Crippen LogP contribution >= 0.6 is 0 Å². The smallest absolute Gasteiger partial charge is 0.113 e. The Morgan fingerprint density at radius 1 is 1.33 bits per heavy atom. The molecule has 0 aromatic heterocycles. The monoisotopic (exact) mass is 252 g/mol. The molecule has 0 amide bonds. The molecule has 3 heteroatoms. The molecule has 0 heterocycles. The van der Waals surface area contributed by atoms with E-state index >= 15 is 0 Å². The van der Waals surface area contributed by atoms with Crippen molar-refractivity contribution in [2.75, 3.05) is 13.8 Å². The molecule has 0 saturated heterocycles. The summed E-state index contributed by atoms with van der Waals surface area (Å²) in [6, 6.07) is 0. The van der Waals surface area contributed by atoms with E-state index < -0.39 is 0 Å². The average molecular weight is 252 g/mol. The van der Waals surface area contributed by atoms with E-state index in [2.05, 4.69) is 55.7 Å². The molecule has 0 bridgehead atoms. The standard InChI is InChI=1S/C15H28N2O/c1-6-8-14(12(3)7-2)9-10-15(16-5)13(4)17-11-18/h6,8-10,12,14,16-18H,7,11H2,1-5H3/b8-6?,10-9-,15-13-/t12-,14?/m1/s1. The van der Waals surface area contributed by atoms with E-state index in [4.69, 9.17) is 5.11 Å². The van der Waals surface area contributed by atoms with E-state index in [-0.39, 0.29) is 6.73 Å². The Morgan fingerprint density at radius 2 is 2.00 bits per heavy atom. The molecule has 1 unspecified atom stereocenters. The molecule has 3 nitrogen and oxygen atoms in total. The van der Waals surface area contributed by atoms with Crippen LogP contribution in [-0.2, 0) is 0 Å². The van der Waals surface area contributed by atoms with Crippen LogP contribution in [0.3, 0.4) is 0 Å². The van der Waals surface area contributed by atoms with Gasteiger partial charge in [0, 0.05) is 12.7 Å². The first-order chi connectivity index (χ1) is 8.60. The summed E-state index contributed by atoms with van der Waals surface area (Å²) in [5.41, 5.74) is 1.95. The topological polar surface area (TPSA) is 44.3 Å². The zero-order chi connectivity index (χ0) is 14.0. The van der Waals surface area contributed by atoms with Gasteiger partial charge in [-0.1, -0.05) is 38.5 Å². The normalized spacial score (nSPS) is 16.8. The molecule has 104 valence electrons. The van der Waals surface area contributed by atoms with Crippen molar-refractivity contribution in [1.82, 2.24) is 10.6 Å². The Balaban J connectivity index is 4.88. The zero-order valence-electron chi connectivity index (χ0n) is 12.3. The highest BCUT2D eigenvalue weighted by Crippen LogP contribution is 2.19. The number of aliphatic hydroxyl groups excluding tert-OH is 1. The summed E-state index contributed by atoms with van der Waals surface area (Å²) in [5.74, 6) is 1.08. The van der Waals surface area contributed by atoms with Crippen molar-refractivity contribution in [2.45, 2.75) is 34.1 Å². The molecule has 0 aliphatic rings. The number of allylic oxidation sites excluding steroid dienone is 5. The summed E-state index contributed by atoms with van der Waals surface area (Å²) in [5, 5.41) is 14.9. The summed E-state index contributed by atoms with van der Waals surface area (Å²) in [7, 11) is 1.89. The lowest BCUT2D eigenvalue weighted by atomic mass is 9.91. The fraction of sp³-hybridized carbons (Fsp3) is 0.600. The largest absolute Gasteiger partial charge is 0.387 e. The van der Waals surface area contributed by atoms with Gasteiger partial charge >= 0.3 is 0 Å². The van der Waals surface area contributed by atoms with Gasteiger partial charge in [-0.2, -0.15) is 0 Å². The molecule has 0 radical (unpaired) electrons. The minimum absolute atomic E-state index is 0.0471. The van der Waals surface area contributed by atoms with Crippen molar-refractivity contribution >= 4 is 0 Å². The second-order valence-corrected chi connectivity index (χ2v) is 4.47. The average Bonchev–Trinajstić information content (AvgIpc) is 2.37. The molecule has 0 aliphatic carbocycles. The molecule has 0 saturated carbocycles. The number of rotatable bonds is 8. The van der Waals surface area contributed by atoms with Crippen LogP contribution in [0, 0.1) is 11.8 Å². The number of nitrogens with one attached hydrogen (secondary N) is 2. The Kier molecular flexibility index (Phi) is 9.11. The molecule has 0 aromatic rings. The van der Waals surface area contributed by atoms with Crippen molar-refractivity contribution in [1.29, 1.82) is 0 Å². The van der Waals surface area contributed by atoms with E-state index in [1.165, 1.54) is 0 Å². The first-order valence-corrected chi connectivity index (χ1v) is 6.65. The van der Waals surface area contributed by atoms with E-state index in [0.717, 1.165) is 17.8 Å². The van der Waals surface area contributed by atoms with Crippen molar-refractivity contribution in [2.24, 2.45) is 11.8 Å². The first-order valence-electron chi connectivity index (χ1n) is 6.65. The minimum Gasteiger partial charge on any atom is -0.387 e. The number of hydrogen-bond donors (Lipinski definition) is 3. The van der Waals surface area contributed by atoms with Gasteiger partial charge in [-0.05, 0) is 31.8 Å². The van der Waals surface area contributed by atoms with Crippen molar-refractivity contribution < 1.29 is 5.11 Å². The van der Waals surface area contributed by atoms with Gasteiger partial charge in [0.1, 0.15) is 6.73 Å². The lowest BCUT2D eigenvalue weighted by molar-refractivity contribution is 0.274. The number of likely N-dealkylation sites (N-methyl/N-ethyl adjacent to an activating group) is 1. The summed E-state index contributed by atoms with van der Waals surface area (Å²) < 4.78 is 0. The SMILES string of the molecule is CC=CC(/C=C\C(NC)=C(/C)NCO)[C@H](C)CC. The summed E-state index contributed by atoms with van der Waals surface area (Å²) in [4.78, 5) is 0. The van der Waals surface area contributed by atoms with Crippen LogP contribution in [-0.4, -0.2) is 18.9 Å². The molecule has 0 spiro atoms. The maximum atomic E-state index is 8.86. The Morgan fingerprint density at radius 3 is 2.44 bits per heavy atom. The Labute approximate surface area is 112 Å². The first kappa shape index (κ1) is 16.8. The van der Waals surface area contributed by atoms with E-state index in [1.54, 1.807) is 0 Å². The molecular weight excluding hydrogens is 224 g/mol. The quantitative estimate of drug-likeness (QED) is 0.353. The van der Waals surface area contributed by atoms with Gasteiger partial charge in [0.15, 0.2) is 0 Å². The maximum Gasteiger partial charge on any atom is 0.113 e. The predicted octanol–water partition coefficient (Wildman–Crippen LogP) is 2.77. The fourth-order valence-electron chi connectivity index (χ4n) is 1.75. The summed E-state index contributed by atoms with van der Waals surface area (Å²) in [6.07, 6.45) is 9.78. The summed E-state index contributed by atoms with van der Waals surface area (Å²) in [6.45, 7) is 8.42. The van der Waals surface area contributed by atoms with Crippen molar-refractivity contribution in [3.8, 4) is 0 Å². The second kappa shape index (κ2) is 9.77. The molecule has 2 atom stereocenters. The van der Waals surface area contributed by atoms with E-state index in [1.807, 2.05) is 14.0 Å². The maximum absolute atomic E-state index is 8.86. The van der Waals surface area contributed by atoms with Crippen molar-refractivity contribution in [3.63, 3.8) is 0 Å². The highest BCUT2D eigenvalue weighted by Gasteiger charge is 2.08. The Bertz CT molecular complexity index is 306. The van der Waals surface area contributed by atoms with Crippen LogP contribution in [0.25, 0.3) is 0 Å². The molecular formula is C15H28N2O. The number of hydrogen-bond acceptors (Lipinski definition) is 3. The molecule has 0 fully saturated rings. The Hall–Kier alpha value is -1.22. The van der Waals surface area contributed by atoms with Crippen LogP contribution in [0.2, 0.25) is 0 Å². The minimum atomic E-state index is -0.0471. The molecule has 3 N–H and O–H groups in total. The third-order valence-electron chi connectivity index (χ3n) is 3.22. The highest BCUT2D eigenvalue weighted by molar-refractivity contribution is 5.23. The third kappa shape index (κ3) is 5.92. The van der Waals surface area contributed by atoms with Crippen LogP contribution in [0.5, 0.6) is 0 Å². The molecule has 0 aromatic carbocycles. The molecule has 0 aliphatic heterocycles. The lowest BCUT2D eigenvalue weighted by Crippen LogP contribution is -2.18. The van der Waals surface area contributed by atoms with Crippen LogP contribution in [0.1, 0.15) is 34.1 Å². The zero-order valence-corrected chi connectivity index (χ0v) is 12.3. The van der Waals surface area contributed by atoms with Gasteiger partial charge in [0.2, 0.25) is 0 Å². The van der Waals surface area contributed by atoms with E-state index in [9.17, 15) is 0 Å². The third-order valence-corrected chi connectivity index (χ3v) is 3.22. The van der Waals surface area contributed by atoms with Crippen molar-refractivity contribution in [3.05, 3.63) is 35.7 Å². The fourth-order valence-corrected chi connectivity index (χ4v) is 1.75. The highest BCUT2D eigenvalue weighted by atomic mass is 16.3. The van der Waals surface area contributed by atoms with Gasteiger partial charge in [-0.25, -0.2) is 0 Å². The second-order valence-electron chi connectivity index (χ2n) is 4.47. The predicted molar refractivity (Wildman–Crippen MR) is 78.9 cm³/mol. The summed E-state index contributed by atoms with van der Waals surface area (Å²) >= 11 is 0. The van der Waals surface area contributed by atoms with Crippen LogP contribution < -0.4 is 10.6 Å². The molecule has 18 heavy (non-hydrogen) atoms.